The number of rotatable bonds is 7. The van der Waals surface area contributed by atoms with Gasteiger partial charge in [-0.1, -0.05) is 13.8 Å². The summed E-state index contributed by atoms with van der Waals surface area (Å²) in [6.45, 7) is 6.55. The molecule has 1 amide bonds. The normalized spacial score (nSPS) is 11.9. The van der Waals surface area contributed by atoms with Crippen molar-refractivity contribution in [1.82, 2.24) is 0 Å². The quantitative estimate of drug-likeness (QED) is 0.693. The highest BCUT2D eigenvalue weighted by atomic mass is 16.5. The minimum absolute atomic E-state index is 0.113. The van der Waals surface area contributed by atoms with Gasteiger partial charge in [-0.3, -0.25) is 4.79 Å². The van der Waals surface area contributed by atoms with Crippen molar-refractivity contribution < 1.29 is 14.6 Å². The highest BCUT2D eigenvalue weighted by Gasteiger charge is 2.12. The second kappa shape index (κ2) is 8.42. The molecule has 2 aromatic rings. The van der Waals surface area contributed by atoms with E-state index in [2.05, 4.69) is 31.4 Å². The molecule has 0 saturated heterocycles. The van der Waals surface area contributed by atoms with Gasteiger partial charge >= 0.3 is 0 Å². The Balaban J connectivity index is 2.00. The summed E-state index contributed by atoms with van der Waals surface area (Å²) in [5, 5.41) is 16.2. The molecule has 134 valence electrons. The minimum Gasteiger partial charge on any atom is -0.507 e. The molecule has 1 atom stereocenters. The SMILES string of the molecule is COc1ccc(C(=O)Nc2ccc(NC(C)CC(C)C)cc2)c(O)c1. The van der Waals surface area contributed by atoms with E-state index in [1.165, 1.54) is 19.2 Å². The lowest BCUT2D eigenvalue weighted by Crippen LogP contribution is -2.17. The van der Waals surface area contributed by atoms with Crippen LogP contribution in [0.3, 0.4) is 0 Å². The number of hydrogen-bond acceptors (Lipinski definition) is 4. The monoisotopic (exact) mass is 342 g/mol. The second-order valence-corrected chi connectivity index (χ2v) is 6.59. The molecule has 0 bridgehead atoms. The van der Waals surface area contributed by atoms with Gasteiger partial charge in [0.05, 0.1) is 12.7 Å². The Bertz CT molecular complexity index is 711. The van der Waals surface area contributed by atoms with Crippen LogP contribution in [0.2, 0.25) is 0 Å². The van der Waals surface area contributed by atoms with Crippen LogP contribution < -0.4 is 15.4 Å². The summed E-state index contributed by atoms with van der Waals surface area (Å²) in [6.07, 6.45) is 1.09. The van der Waals surface area contributed by atoms with Crippen LogP contribution in [0.15, 0.2) is 42.5 Å². The third-order valence-corrected chi connectivity index (χ3v) is 3.83. The van der Waals surface area contributed by atoms with Gasteiger partial charge in [0.1, 0.15) is 11.5 Å². The fourth-order valence-electron chi connectivity index (χ4n) is 2.73. The minimum atomic E-state index is -0.367. The highest BCUT2D eigenvalue weighted by Crippen LogP contribution is 2.24. The molecule has 2 rings (SSSR count). The Morgan fingerprint density at radius 1 is 1.08 bits per heavy atom. The topological polar surface area (TPSA) is 70.6 Å². The fraction of sp³-hybridized carbons (Fsp3) is 0.350. The highest BCUT2D eigenvalue weighted by molar-refractivity contribution is 6.06. The van der Waals surface area contributed by atoms with Crippen molar-refractivity contribution in [1.29, 1.82) is 0 Å². The number of hydrogen-bond donors (Lipinski definition) is 3. The first-order valence-electron chi connectivity index (χ1n) is 8.44. The molecule has 2 aromatic carbocycles. The predicted octanol–water partition coefficient (Wildman–Crippen LogP) is 4.50. The van der Waals surface area contributed by atoms with Crippen molar-refractivity contribution in [2.75, 3.05) is 17.7 Å². The number of phenolic OH excluding ortho intramolecular Hbond substituents is 1. The maximum Gasteiger partial charge on any atom is 0.259 e. The molecule has 0 spiro atoms. The zero-order valence-corrected chi connectivity index (χ0v) is 15.2. The van der Waals surface area contributed by atoms with Gasteiger partial charge in [-0.25, -0.2) is 0 Å². The zero-order chi connectivity index (χ0) is 18.4. The third-order valence-electron chi connectivity index (χ3n) is 3.83. The average molecular weight is 342 g/mol. The van der Waals surface area contributed by atoms with Crippen molar-refractivity contribution in [3.63, 3.8) is 0 Å². The van der Waals surface area contributed by atoms with Crippen molar-refractivity contribution in [3.05, 3.63) is 48.0 Å². The summed E-state index contributed by atoms with van der Waals surface area (Å²) in [5.74, 6) is 0.657. The van der Waals surface area contributed by atoms with E-state index in [1.54, 1.807) is 6.07 Å². The van der Waals surface area contributed by atoms with Crippen molar-refractivity contribution >= 4 is 17.3 Å². The number of anilines is 2. The lowest BCUT2D eigenvalue weighted by atomic mass is 10.1. The molecular formula is C20H26N2O3. The van der Waals surface area contributed by atoms with E-state index in [9.17, 15) is 9.90 Å². The van der Waals surface area contributed by atoms with Crippen LogP contribution in [0, 0.1) is 5.92 Å². The largest absolute Gasteiger partial charge is 0.507 e. The van der Waals surface area contributed by atoms with Crippen LogP contribution in [-0.4, -0.2) is 24.2 Å². The van der Waals surface area contributed by atoms with E-state index < -0.39 is 0 Å². The molecule has 0 aromatic heterocycles. The molecule has 0 fully saturated rings. The number of aromatic hydroxyl groups is 1. The van der Waals surface area contributed by atoms with Crippen LogP contribution in [0.4, 0.5) is 11.4 Å². The molecule has 25 heavy (non-hydrogen) atoms. The molecule has 0 aliphatic carbocycles. The molecule has 1 unspecified atom stereocenters. The van der Waals surface area contributed by atoms with Gasteiger partial charge in [0.15, 0.2) is 0 Å². The summed E-state index contributed by atoms with van der Waals surface area (Å²) in [4.78, 5) is 12.3. The van der Waals surface area contributed by atoms with Gasteiger partial charge in [-0.15, -0.1) is 0 Å². The van der Waals surface area contributed by atoms with Gasteiger partial charge < -0.3 is 20.5 Å². The summed E-state index contributed by atoms with van der Waals surface area (Å²) in [6, 6.07) is 12.5. The maximum atomic E-state index is 12.3. The number of phenols is 1. The first-order valence-corrected chi connectivity index (χ1v) is 8.44. The second-order valence-electron chi connectivity index (χ2n) is 6.59. The van der Waals surface area contributed by atoms with Gasteiger partial charge in [-0.05, 0) is 55.7 Å². The molecular weight excluding hydrogens is 316 g/mol. The van der Waals surface area contributed by atoms with Gasteiger partial charge in [0.25, 0.3) is 5.91 Å². The van der Waals surface area contributed by atoms with Crippen molar-refractivity contribution in [3.8, 4) is 11.5 Å². The van der Waals surface area contributed by atoms with Crippen LogP contribution in [0.5, 0.6) is 11.5 Å². The molecule has 0 aliphatic heterocycles. The lowest BCUT2D eigenvalue weighted by Gasteiger charge is -2.17. The fourth-order valence-corrected chi connectivity index (χ4v) is 2.73. The molecule has 0 aliphatic rings. The zero-order valence-electron chi connectivity index (χ0n) is 15.2. The van der Waals surface area contributed by atoms with E-state index in [-0.39, 0.29) is 17.2 Å². The number of carbonyl (C=O) groups is 1. The van der Waals surface area contributed by atoms with Crippen molar-refractivity contribution in [2.24, 2.45) is 5.92 Å². The van der Waals surface area contributed by atoms with E-state index in [0.717, 1.165) is 12.1 Å². The first-order chi connectivity index (χ1) is 11.9. The van der Waals surface area contributed by atoms with E-state index in [4.69, 9.17) is 4.74 Å². The summed E-state index contributed by atoms with van der Waals surface area (Å²) in [7, 11) is 1.51. The summed E-state index contributed by atoms with van der Waals surface area (Å²) < 4.78 is 5.02. The number of carbonyl (C=O) groups excluding carboxylic acids is 1. The smallest absolute Gasteiger partial charge is 0.259 e. The van der Waals surface area contributed by atoms with Crippen molar-refractivity contribution in [2.45, 2.75) is 33.2 Å². The predicted molar refractivity (Wildman–Crippen MR) is 102 cm³/mol. The third kappa shape index (κ3) is 5.41. The van der Waals surface area contributed by atoms with Crippen LogP contribution in [0.25, 0.3) is 0 Å². The van der Waals surface area contributed by atoms with E-state index >= 15 is 0 Å². The van der Waals surface area contributed by atoms with Crippen LogP contribution in [0.1, 0.15) is 37.6 Å². The molecule has 3 N–H and O–H groups in total. The Hall–Kier alpha value is -2.69. The Kier molecular flexibility index (Phi) is 6.28. The summed E-state index contributed by atoms with van der Waals surface area (Å²) >= 11 is 0. The first kappa shape index (κ1) is 18.6. The summed E-state index contributed by atoms with van der Waals surface area (Å²) in [5.41, 5.74) is 1.88. The van der Waals surface area contributed by atoms with Crippen LogP contribution >= 0.6 is 0 Å². The van der Waals surface area contributed by atoms with E-state index in [1.807, 2.05) is 24.3 Å². The lowest BCUT2D eigenvalue weighted by molar-refractivity contribution is 0.102. The molecule has 0 heterocycles. The van der Waals surface area contributed by atoms with E-state index in [0.29, 0.717) is 23.4 Å². The molecule has 0 radical (unpaired) electrons. The average Bonchev–Trinajstić information content (AvgIpc) is 2.55. The number of nitrogens with one attached hydrogen (secondary N) is 2. The number of ether oxygens (including phenoxy) is 1. The molecule has 5 nitrogen and oxygen atoms in total. The molecule has 0 saturated carbocycles. The number of amides is 1. The van der Waals surface area contributed by atoms with Gasteiger partial charge in [0, 0.05) is 23.5 Å². The Morgan fingerprint density at radius 2 is 1.72 bits per heavy atom. The van der Waals surface area contributed by atoms with Gasteiger partial charge in [0.2, 0.25) is 0 Å². The molecule has 5 heteroatoms. The van der Waals surface area contributed by atoms with Crippen LogP contribution in [-0.2, 0) is 0 Å². The standard InChI is InChI=1S/C20H26N2O3/c1-13(2)11-14(3)21-15-5-7-16(8-6-15)22-20(24)18-10-9-17(25-4)12-19(18)23/h5-10,12-14,21,23H,11H2,1-4H3,(H,22,24). The van der Waals surface area contributed by atoms with Gasteiger partial charge in [-0.2, -0.15) is 0 Å². The number of methoxy groups -OCH3 is 1. The number of benzene rings is 2. The Labute approximate surface area is 149 Å². The maximum absolute atomic E-state index is 12.3. The Morgan fingerprint density at radius 3 is 2.28 bits per heavy atom.